The Bertz CT molecular complexity index is 686. The van der Waals surface area contributed by atoms with E-state index in [1.807, 2.05) is 0 Å². The average Bonchev–Trinajstić information content (AvgIpc) is 2.72. The molecule has 0 heterocycles. The number of benzene rings is 2. The van der Waals surface area contributed by atoms with Crippen LogP contribution in [0, 0.1) is 12.3 Å². The summed E-state index contributed by atoms with van der Waals surface area (Å²) in [6.45, 7) is 3.00. The summed E-state index contributed by atoms with van der Waals surface area (Å²) in [6, 6.07) is 15.5. The Morgan fingerprint density at radius 2 is 1.70 bits per heavy atom. The molecule has 1 aliphatic carbocycles. The third-order valence-electron chi connectivity index (χ3n) is 5.62. The lowest BCUT2D eigenvalue weighted by Gasteiger charge is -2.21. The molecule has 3 rings (SSSR count). The van der Waals surface area contributed by atoms with Crippen LogP contribution in [-0.4, -0.2) is 6.61 Å². The summed E-state index contributed by atoms with van der Waals surface area (Å²) in [5.74, 6) is 1.87. The summed E-state index contributed by atoms with van der Waals surface area (Å²) in [4.78, 5) is 0. The van der Waals surface area contributed by atoms with E-state index in [0.717, 1.165) is 29.2 Å². The van der Waals surface area contributed by atoms with Crippen LogP contribution in [0.5, 0.6) is 5.75 Å². The predicted molar refractivity (Wildman–Crippen MR) is 119 cm³/mol. The van der Waals surface area contributed by atoms with Gasteiger partial charge in [0.05, 0.1) is 11.1 Å². The van der Waals surface area contributed by atoms with Gasteiger partial charge in [0, 0.05) is 0 Å². The monoisotopic (exact) mass is 427 g/mol. The topological polar surface area (TPSA) is 9.23 Å². The van der Waals surface area contributed by atoms with E-state index in [1.54, 1.807) is 0 Å². The number of rotatable bonds is 9. The second-order valence-corrected chi connectivity index (χ2v) is 8.60. The Balaban J connectivity index is 1.55. The first kappa shape index (κ1) is 20.5. The second kappa shape index (κ2) is 10.9. The number of halogens is 1. The maximum absolute atomic E-state index is 5.89. The molecular weight excluding hydrogens is 396 g/mol. The van der Waals surface area contributed by atoms with Crippen LogP contribution in [-0.2, 0) is 6.42 Å². The fourth-order valence-corrected chi connectivity index (χ4v) is 4.34. The Hall–Kier alpha value is -1.28. The van der Waals surface area contributed by atoms with Gasteiger partial charge in [0.1, 0.15) is 5.75 Å². The molecule has 1 radical (unpaired) electrons. The minimum absolute atomic E-state index is 0.791. The van der Waals surface area contributed by atoms with Crippen LogP contribution >= 0.6 is 15.9 Å². The molecule has 1 saturated carbocycles. The van der Waals surface area contributed by atoms with E-state index in [-0.39, 0.29) is 0 Å². The van der Waals surface area contributed by atoms with Crippen molar-refractivity contribution in [2.75, 3.05) is 6.61 Å². The van der Waals surface area contributed by atoms with E-state index in [9.17, 15) is 0 Å². The largest absolute Gasteiger partial charge is 0.492 e. The zero-order chi connectivity index (χ0) is 18.9. The van der Waals surface area contributed by atoms with E-state index in [0.29, 0.717) is 0 Å². The van der Waals surface area contributed by atoms with E-state index in [1.165, 1.54) is 68.1 Å². The van der Waals surface area contributed by atoms with Gasteiger partial charge in [-0.25, -0.2) is 0 Å². The van der Waals surface area contributed by atoms with Crippen molar-refractivity contribution in [1.82, 2.24) is 0 Å². The van der Waals surface area contributed by atoms with Gasteiger partial charge in [-0.2, -0.15) is 0 Å². The molecule has 2 aromatic carbocycles. The van der Waals surface area contributed by atoms with Gasteiger partial charge in [-0.3, -0.25) is 0 Å². The lowest BCUT2D eigenvalue weighted by Crippen LogP contribution is -2.07. The summed E-state index contributed by atoms with van der Waals surface area (Å²) in [7, 11) is 0. The molecular formula is C25H32BrO. The number of hydrogen-bond acceptors (Lipinski definition) is 1. The highest BCUT2D eigenvalue weighted by molar-refractivity contribution is 9.10. The van der Waals surface area contributed by atoms with E-state index in [2.05, 4.69) is 71.7 Å². The van der Waals surface area contributed by atoms with Gasteiger partial charge in [-0.1, -0.05) is 62.9 Å². The van der Waals surface area contributed by atoms with Crippen molar-refractivity contribution >= 4 is 15.9 Å². The van der Waals surface area contributed by atoms with Crippen LogP contribution in [0.3, 0.4) is 0 Å². The van der Waals surface area contributed by atoms with Crippen molar-refractivity contribution < 1.29 is 4.74 Å². The summed E-state index contributed by atoms with van der Waals surface area (Å²) in [6.07, 6.45) is 14.0. The molecule has 2 heteroatoms. The summed E-state index contributed by atoms with van der Waals surface area (Å²) in [5.41, 5.74) is 3.96. The van der Waals surface area contributed by atoms with Crippen LogP contribution in [0.1, 0.15) is 63.9 Å². The molecule has 0 unspecified atom stereocenters. The molecule has 1 aliphatic rings. The minimum Gasteiger partial charge on any atom is -0.492 e. The standard InChI is InChI=1S/C25H32BrO/c1-2-3-7-18-27-25-17-16-23(19-24(25)26)22-14-12-21(13-15-22)11-10-20-8-5-4-6-9-20/h4,12-17,19-20H,2-3,5-11,18H2,1H3. The van der Waals surface area contributed by atoms with Gasteiger partial charge in [0.15, 0.2) is 0 Å². The molecule has 145 valence electrons. The van der Waals surface area contributed by atoms with Crippen molar-refractivity contribution in [3.05, 3.63) is 58.9 Å². The maximum atomic E-state index is 5.89. The van der Waals surface area contributed by atoms with Crippen LogP contribution in [0.4, 0.5) is 0 Å². The van der Waals surface area contributed by atoms with Crippen LogP contribution in [0.2, 0.25) is 0 Å². The van der Waals surface area contributed by atoms with Gasteiger partial charge in [-0.05, 0) is 89.2 Å². The highest BCUT2D eigenvalue weighted by Gasteiger charge is 2.13. The quantitative estimate of drug-likeness (QED) is 0.368. The molecule has 1 fully saturated rings. The highest BCUT2D eigenvalue weighted by Crippen LogP contribution is 2.32. The van der Waals surface area contributed by atoms with E-state index < -0.39 is 0 Å². The first-order valence-electron chi connectivity index (χ1n) is 10.6. The minimum atomic E-state index is 0.791. The van der Waals surface area contributed by atoms with Crippen molar-refractivity contribution in [1.29, 1.82) is 0 Å². The zero-order valence-electron chi connectivity index (χ0n) is 16.6. The van der Waals surface area contributed by atoms with Crippen LogP contribution in [0.25, 0.3) is 11.1 Å². The third kappa shape index (κ3) is 6.38. The second-order valence-electron chi connectivity index (χ2n) is 7.75. The first-order chi connectivity index (χ1) is 13.3. The van der Waals surface area contributed by atoms with Crippen molar-refractivity contribution in [3.63, 3.8) is 0 Å². The summed E-state index contributed by atoms with van der Waals surface area (Å²) >= 11 is 3.67. The molecule has 27 heavy (non-hydrogen) atoms. The Kier molecular flexibility index (Phi) is 8.26. The third-order valence-corrected chi connectivity index (χ3v) is 6.24. The molecule has 0 N–H and O–H groups in total. The van der Waals surface area contributed by atoms with E-state index in [4.69, 9.17) is 4.74 Å². The maximum Gasteiger partial charge on any atom is 0.133 e. The molecule has 0 aliphatic heterocycles. The lowest BCUT2D eigenvalue weighted by atomic mass is 9.85. The fraction of sp³-hybridized carbons (Fsp3) is 0.480. The average molecular weight is 428 g/mol. The molecule has 0 atom stereocenters. The smallest absolute Gasteiger partial charge is 0.133 e. The van der Waals surface area contributed by atoms with Crippen LogP contribution in [0.15, 0.2) is 46.9 Å². The molecule has 0 aromatic heterocycles. The number of unbranched alkanes of at least 4 members (excludes halogenated alkanes) is 2. The van der Waals surface area contributed by atoms with Gasteiger partial charge >= 0.3 is 0 Å². The molecule has 1 nitrogen and oxygen atoms in total. The van der Waals surface area contributed by atoms with Gasteiger partial charge in [-0.15, -0.1) is 0 Å². The number of hydrogen-bond donors (Lipinski definition) is 0. The van der Waals surface area contributed by atoms with Gasteiger partial charge < -0.3 is 4.74 Å². The lowest BCUT2D eigenvalue weighted by molar-refractivity contribution is 0.304. The van der Waals surface area contributed by atoms with Gasteiger partial charge in [0.2, 0.25) is 0 Å². The zero-order valence-corrected chi connectivity index (χ0v) is 18.1. The molecule has 0 spiro atoms. The summed E-state index contributed by atoms with van der Waals surface area (Å²) < 4.78 is 6.93. The fourth-order valence-electron chi connectivity index (χ4n) is 3.85. The Morgan fingerprint density at radius 1 is 0.963 bits per heavy atom. The van der Waals surface area contributed by atoms with E-state index >= 15 is 0 Å². The van der Waals surface area contributed by atoms with Crippen LogP contribution < -0.4 is 4.74 Å². The van der Waals surface area contributed by atoms with Crippen molar-refractivity contribution in [3.8, 4) is 16.9 Å². The first-order valence-corrected chi connectivity index (χ1v) is 11.4. The van der Waals surface area contributed by atoms with Crippen molar-refractivity contribution in [2.24, 2.45) is 5.92 Å². The SMILES string of the molecule is CCCCCOc1ccc(-c2ccc(CCC3CC[CH]CC3)cc2)cc1Br. The normalized spacial score (nSPS) is 15.0. The highest BCUT2D eigenvalue weighted by atomic mass is 79.9. The molecule has 0 saturated heterocycles. The molecule has 2 aromatic rings. The Labute approximate surface area is 173 Å². The number of ether oxygens (including phenoxy) is 1. The Morgan fingerprint density at radius 3 is 2.41 bits per heavy atom. The van der Waals surface area contributed by atoms with Gasteiger partial charge in [0.25, 0.3) is 0 Å². The molecule has 0 amide bonds. The number of aryl methyl sites for hydroxylation is 1. The van der Waals surface area contributed by atoms with Crippen molar-refractivity contribution in [2.45, 2.75) is 64.7 Å². The predicted octanol–water partition coefficient (Wildman–Crippen LogP) is 8.01. The summed E-state index contributed by atoms with van der Waals surface area (Å²) in [5, 5.41) is 0. The molecule has 0 bridgehead atoms.